The number of methoxy groups -OCH3 is 1. The van der Waals surface area contributed by atoms with Crippen molar-refractivity contribution in [1.82, 2.24) is 14.8 Å². The fourth-order valence-electron chi connectivity index (χ4n) is 3.59. The van der Waals surface area contributed by atoms with E-state index in [1.54, 1.807) is 6.07 Å². The number of thiophene rings is 1. The largest absolute Gasteiger partial charge is 0.465 e. The Morgan fingerprint density at radius 2 is 1.94 bits per heavy atom. The molecular formula is C25H23ClN4O3S2. The van der Waals surface area contributed by atoms with Gasteiger partial charge < -0.3 is 14.6 Å². The van der Waals surface area contributed by atoms with Crippen molar-refractivity contribution in [3.8, 4) is 22.5 Å². The number of rotatable bonds is 7. The van der Waals surface area contributed by atoms with Crippen LogP contribution in [0.4, 0.5) is 5.00 Å². The maximum absolute atomic E-state index is 12.8. The van der Waals surface area contributed by atoms with Crippen molar-refractivity contribution in [2.45, 2.75) is 19.0 Å². The van der Waals surface area contributed by atoms with E-state index in [1.165, 1.54) is 30.2 Å². The van der Waals surface area contributed by atoms with Gasteiger partial charge in [-0.3, -0.25) is 4.79 Å². The molecule has 0 fully saturated rings. The lowest BCUT2D eigenvalue weighted by atomic mass is 9.97. The number of nitrogens with zero attached hydrogens (tertiary/aromatic N) is 3. The zero-order valence-electron chi connectivity index (χ0n) is 19.6. The molecule has 35 heavy (non-hydrogen) atoms. The highest BCUT2D eigenvalue weighted by Gasteiger charge is 2.23. The fraction of sp³-hybridized carbons (Fsp3) is 0.200. The average Bonchev–Trinajstić information content (AvgIpc) is 3.42. The van der Waals surface area contributed by atoms with Crippen LogP contribution in [0, 0.1) is 13.8 Å². The molecule has 0 saturated heterocycles. The van der Waals surface area contributed by atoms with Gasteiger partial charge in [0.25, 0.3) is 0 Å². The van der Waals surface area contributed by atoms with E-state index in [0.717, 1.165) is 27.8 Å². The van der Waals surface area contributed by atoms with Gasteiger partial charge in [-0.2, -0.15) is 0 Å². The van der Waals surface area contributed by atoms with Crippen LogP contribution in [-0.4, -0.2) is 39.5 Å². The number of carbonyl (C=O) groups is 2. The summed E-state index contributed by atoms with van der Waals surface area (Å²) in [7, 11) is 3.17. The van der Waals surface area contributed by atoms with Crippen LogP contribution in [0.1, 0.15) is 21.5 Å². The zero-order chi connectivity index (χ0) is 25.1. The summed E-state index contributed by atoms with van der Waals surface area (Å²) in [4.78, 5) is 25.4. The minimum atomic E-state index is -0.496. The normalized spacial score (nSPS) is 10.9. The van der Waals surface area contributed by atoms with Crippen LogP contribution >= 0.6 is 34.7 Å². The Labute approximate surface area is 216 Å². The van der Waals surface area contributed by atoms with Crippen LogP contribution in [0.15, 0.2) is 53.0 Å². The molecule has 0 spiro atoms. The van der Waals surface area contributed by atoms with Gasteiger partial charge in [-0.1, -0.05) is 59.3 Å². The minimum absolute atomic E-state index is 0.0961. The van der Waals surface area contributed by atoms with Gasteiger partial charge in [0, 0.05) is 28.6 Å². The molecule has 4 aromatic rings. The van der Waals surface area contributed by atoms with Gasteiger partial charge in [0.2, 0.25) is 5.91 Å². The van der Waals surface area contributed by atoms with E-state index in [1.807, 2.05) is 67.2 Å². The van der Waals surface area contributed by atoms with Gasteiger partial charge in [-0.05, 0) is 37.1 Å². The second-order valence-electron chi connectivity index (χ2n) is 7.88. The predicted molar refractivity (Wildman–Crippen MR) is 141 cm³/mol. The van der Waals surface area contributed by atoms with Crippen LogP contribution in [-0.2, 0) is 16.6 Å². The molecule has 180 valence electrons. The molecule has 2 aromatic carbocycles. The monoisotopic (exact) mass is 526 g/mol. The van der Waals surface area contributed by atoms with Gasteiger partial charge in [-0.25, -0.2) is 4.79 Å². The number of ether oxygens (including phenoxy) is 1. The first kappa shape index (κ1) is 25.0. The Balaban J connectivity index is 1.52. The Kier molecular flexibility index (Phi) is 7.59. The number of aromatic nitrogens is 3. The summed E-state index contributed by atoms with van der Waals surface area (Å²) in [5, 5.41) is 14.8. The molecule has 4 rings (SSSR count). The van der Waals surface area contributed by atoms with E-state index in [-0.39, 0.29) is 11.7 Å². The molecule has 2 aromatic heterocycles. The maximum Gasteiger partial charge on any atom is 0.341 e. The molecule has 0 saturated carbocycles. The van der Waals surface area contributed by atoms with Crippen molar-refractivity contribution in [3.05, 3.63) is 69.6 Å². The summed E-state index contributed by atoms with van der Waals surface area (Å²) in [5.41, 5.74) is 4.98. The number of thioether (sulfide) groups is 1. The number of hydrogen-bond donors (Lipinski definition) is 1. The molecule has 1 amide bonds. The highest BCUT2D eigenvalue weighted by atomic mass is 35.5. The quantitative estimate of drug-likeness (QED) is 0.235. The first-order valence-corrected chi connectivity index (χ1v) is 12.9. The Morgan fingerprint density at radius 1 is 1.14 bits per heavy atom. The third-order valence-electron chi connectivity index (χ3n) is 5.37. The van der Waals surface area contributed by atoms with E-state index in [0.29, 0.717) is 26.6 Å². The molecule has 10 heteroatoms. The van der Waals surface area contributed by atoms with Crippen molar-refractivity contribution in [2.75, 3.05) is 18.2 Å². The van der Waals surface area contributed by atoms with Gasteiger partial charge in [-0.15, -0.1) is 21.5 Å². The van der Waals surface area contributed by atoms with E-state index >= 15 is 0 Å². The van der Waals surface area contributed by atoms with E-state index in [9.17, 15) is 9.59 Å². The number of esters is 1. The molecular weight excluding hydrogens is 504 g/mol. The number of benzene rings is 2. The van der Waals surface area contributed by atoms with Crippen molar-refractivity contribution < 1.29 is 14.3 Å². The number of aryl methyl sites for hydroxylation is 2. The molecule has 1 N–H and O–H groups in total. The van der Waals surface area contributed by atoms with Gasteiger partial charge >= 0.3 is 5.97 Å². The number of nitrogens with one attached hydrogen (secondary N) is 1. The van der Waals surface area contributed by atoms with Crippen LogP contribution < -0.4 is 5.32 Å². The Bertz CT molecular complexity index is 1410. The third kappa shape index (κ3) is 5.42. The number of halogens is 1. The summed E-state index contributed by atoms with van der Waals surface area (Å²) in [6.07, 6.45) is 0. The van der Waals surface area contributed by atoms with Crippen molar-refractivity contribution in [3.63, 3.8) is 0 Å². The lowest BCUT2D eigenvalue weighted by Gasteiger charge is -2.10. The van der Waals surface area contributed by atoms with Crippen molar-refractivity contribution in [1.29, 1.82) is 0 Å². The Morgan fingerprint density at radius 3 is 2.69 bits per heavy atom. The third-order valence-corrected chi connectivity index (χ3v) is 7.52. The molecule has 0 aliphatic carbocycles. The van der Waals surface area contributed by atoms with Gasteiger partial charge in [0.1, 0.15) is 10.6 Å². The van der Waals surface area contributed by atoms with Gasteiger partial charge in [0.05, 0.1) is 12.9 Å². The second-order valence-corrected chi connectivity index (χ2v) is 10.1. The van der Waals surface area contributed by atoms with E-state index in [4.69, 9.17) is 16.3 Å². The zero-order valence-corrected chi connectivity index (χ0v) is 22.0. The molecule has 0 aliphatic heterocycles. The standard InChI is InChI=1S/C25H23ClN4O3S2/c1-14-8-9-15(2)18(10-14)19-12-34-23(21(19)24(32)33-4)27-20(31)13-35-25-29-28-22(30(25)3)16-6-5-7-17(26)11-16/h5-12H,13H2,1-4H3,(H,27,31). The Hall–Kier alpha value is -3.14. The lowest BCUT2D eigenvalue weighted by Crippen LogP contribution is -2.16. The predicted octanol–water partition coefficient (Wildman–Crippen LogP) is 6.00. The summed E-state index contributed by atoms with van der Waals surface area (Å²) in [5.74, 6) is -0.00930. The van der Waals surface area contributed by atoms with Crippen molar-refractivity contribution in [2.24, 2.45) is 7.05 Å². The smallest absolute Gasteiger partial charge is 0.341 e. The van der Waals surface area contributed by atoms with Crippen molar-refractivity contribution >= 4 is 51.6 Å². The molecule has 0 radical (unpaired) electrons. The van der Waals surface area contributed by atoms with Crippen LogP contribution in [0.25, 0.3) is 22.5 Å². The van der Waals surface area contributed by atoms with E-state index in [2.05, 4.69) is 15.5 Å². The summed E-state index contributed by atoms with van der Waals surface area (Å²) in [6, 6.07) is 13.4. The van der Waals surface area contributed by atoms with E-state index < -0.39 is 5.97 Å². The summed E-state index contributed by atoms with van der Waals surface area (Å²) >= 11 is 8.64. The molecule has 2 heterocycles. The van der Waals surface area contributed by atoms with Crippen LogP contribution in [0.2, 0.25) is 5.02 Å². The van der Waals surface area contributed by atoms with Crippen LogP contribution in [0.5, 0.6) is 0 Å². The average molecular weight is 527 g/mol. The first-order valence-electron chi connectivity index (χ1n) is 10.6. The van der Waals surface area contributed by atoms with Crippen LogP contribution in [0.3, 0.4) is 0 Å². The highest BCUT2D eigenvalue weighted by Crippen LogP contribution is 2.38. The molecule has 0 atom stereocenters. The molecule has 7 nitrogen and oxygen atoms in total. The summed E-state index contributed by atoms with van der Waals surface area (Å²) < 4.78 is 6.84. The lowest BCUT2D eigenvalue weighted by molar-refractivity contribution is -0.113. The SMILES string of the molecule is COC(=O)c1c(-c2cc(C)ccc2C)csc1NC(=O)CSc1nnc(-c2cccc(Cl)c2)n1C. The van der Waals surface area contributed by atoms with Gasteiger partial charge in [0.15, 0.2) is 11.0 Å². The summed E-state index contributed by atoms with van der Waals surface area (Å²) in [6.45, 7) is 3.98. The molecule has 0 aliphatic rings. The first-order chi connectivity index (χ1) is 16.8. The minimum Gasteiger partial charge on any atom is -0.465 e. The fourth-order valence-corrected chi connectivity index (χ4v) is 5.46. The number of amides is 1. The highest BCUT2D eigenvalue weighted by molar-refractivity contribution is 7.99. The number of hydrogen-bond acceptors (Lipinski definition) is 7. The number of anilines is 1. The second kappa shape index (κ2) is 10.6. The molecule has 0 bridgehead atoms. The topological polar surface area (TPSA) is 86.1 Å². The molecule has 0 unspecified atom stereocenters. The number of carbonyl (C=O) groups excluding carboxylic acids is 2. The maximum atomic E-state index is 12.8.